The molecule has 0 aliphatic heterocycles. The first-order valence-corrected chi connectivity index (χ1v) is 6.33. The molecule has 0 aliphatic rings. The zero-order chi connectivity index (χ0) is 14.4. The molecule has 98 valence electrons. The highest BCUT2D eigenvalue weighted by molar-refractivity contribution is 6.00. The van der Waals surface area contributed by atoms with Gasteiger partial charge in [0.25, 0.3) is 0 Å². The standard InChI is InChI=1S/C17H16BNO/c1-13-7-3-4-8-14(2)19-16(12-11-13)15-9-5-6-10-17(15)20-18/h3-12H,1-2,18H2. The second kappa shape index (κ2) is 6.57. The van der Waals surface area contributed by atoms with E-state index in [4.69, 9.17) is 4.65 Å². The molecule has 0 atom stereocenters. The summed E-state index contributed by atoms with van der Waals surface area (Å²) in [7, 11) is 1.65. The third-order valence-corrected chi connectivity index (χ3v) is 2.81. The summed E-state index contributed by atoms with van der Waals surface area (Å²) in [5.74, 6) is 0.783. The molecule has 0 fully saturated rings. The largest absolute Gasteiger partial charge is 0.567 e. The van der Waals surface area contributed by atoms with Crippen LogP contribution in [-0.2, 0) is 0 Å². The minimum absolute atomic E-state index is 0.688. The lowest BCUT2D eigenvalue weighted by Crippen LogP contribution is -2.02. The third kappa shape index (κ3) is 3.48. The van der Waals surface area contributed by atoms with Crippen molar-refractivity contribution in [3.63, 3.8) is 0 Å². The molecule has 2 rings (SSSR count). The Morgan fingerprint density at radius 1 is 0.850 bits per heavy atom. The number of rotatable bonds is 2. The van der Waals surface area contributed by atoms with Gasteiger partial charge < -0.3 is 4.65 Å². The van der Waals surface area contributed by atoms with E-state index in [0.717, 1.165) is 22.2 Å². The van der Waals surface area contributed by atoms with Crippen molar-refractivity contribution in [1.82, 2.24) is 4.98 Å². The van der Waals surface area contributed by atoms with E-state index in [1.165, 1.54) is 0 Å². The first-order valence-electron chi connectivity index (χ1n) is 6.33. The van der Waals surface area contributed by atoms with Crippen molar-refractivity contribution in [3.8, 4) is 17.0 Å². The molecule has 0 aliphatic carbocycles. The van der Waals surface area contributed by atoms with Crippen LogP contribution in [0.2, 0.25) is 0 Å². The lowest BCUT2D eigenvalue weighted by atomic mass is 10.1. The van der Waals surface area contributed by atoms with Gasteiger partial charge in [0.15, 0.2) is 0 Å². The predicted octanol–water partition coefficient (Wildman–Crippen LogP) is 1.62. The second-order valence-electron chi connectivity index (χ2n) is 4.32. The zero-order valence-corrected chi connectivity index (χ0v) is 11.5. The monoisotopic (exact) mass is 261 g/mol. The summed E-state index contributed by atoms with van der Waals surface area (Å²) in [6.07, 6.45) is 0. The van der Waals surface area contributed by atoms with E-state index in [1.807, 2.05) is 60.7 Å². The van der Waals surface area contributed by atoms with Gasteiger partial charge in [-0.15, -0.1) is 0 Å². The molecule has 0 unspecified atom stereocenters. The summed E-state index contributed by atoms with van der Waals surface area (Å²) >= 11 is 0. The van der Waals surface area contributed by atoms with Gasteiger partial charge in [0.05, 0.1) is 11.0 Å². The van der Waals surface area contributed by atoms with Crippen LogP contribution in [0.1, 0.15) is 0 Å². The maximum absolute atomic E-state index is 5.39. The van der Waals surface area contributed by atoms with Gasteiger partial charge in [-0.25, -0.2) is 4.98 Å². The van der Waals surface area contributed by atoms with Gasteiger partial charge >= 0.3 is 8.05 Å². The van der Waals surface area contributed by atoms with E-state index in [9.17, 15) is 0 Å². The number of para-hydroxylation sites is 1. The van der Waals surface area contributed by atoms with Crippen LogP contribution in [-0.4, -0.2) is 13.0 Å². The van der Waals surface area contributed by atoms with E-state index in [0.29, 0.717) is 5.35 Å². The van der Waals surface area contributed by atoms with Crippen molar-refractivity contribution in [1.29, 1.82) is 0 Å². The Bertz CT molecular complexity index is 757. The lowest BCUT2D eigenvalue weighted by Gasteiger charge is -2.06. The highest BCUT2D eigenvalue weighted by Crippen LogP contribution is 2.26. The van der Waals surface area contributed by atoms with E-state index in [2.05, 4.69) is 18.1 Å². The van der Waals surface area contributed by atoms with Crippen molar-refractivity contribution in [2.45, 2.75) is 0 Å². The fourth-order valence-corrected chi connectivity index (χ4v) is 1.82. The molecule has 0 spiro atoms. The number of benzene rings is 1. The molecule has 3 heteroatoms. The quantitative estimate of drug-likeness (QED) is 0.766. The number of hydrogen-bond donors (Lipinski definition) is 0. The predicted molar refractivity (Wildman–Crippen MR) is 86.8 cm³/mol. The van der Waals surface area contributed by atoms with Gasteiger partial charge in [0.1, 0.15) is 5.75 Å². The molecule has 0 saturated carbocycles. The Morgan fingerprint density at radius 2 is 1.55 bits per heavy atom. The highest BCUT2D eigenvalue weighted by Gasteiger charge is 2.03. The van der Waals surface area contributed by atoms with Gasteiger partial charge in [0, 0.05) is 5.56 Å². The molecule has 0 saturated heterocycles. The Morgan fingerprint density at radius 3 is 2.35 bits per heavy atom. The molecule has 1 aromatic heterocycles. The average Bonchev–Trinajstić information content (AvgIpc) is 2.47. The van der Waals surface area contributed by atoms with E-state index >= 15 is 0 Å². The van der Waals surface area contributed by atoms with Crippen LogP contribution >= 0.6 is 0 Å². The molecular weight excluding hydrogens is 245 g/mol. The normalized spacial score (nSPS) is 9.60. The third-order valence-electron chi connectivity index (χ3n) is 2.81. The molecule has 0 N–H and O–H groups in total. The molecule has 1 heterocycles. The molecule has 20 heavy (non-hydrogen) atoms. The molecule has 2 nitrogen and oxygen atoms in total. The van der Waals surface area contributed by atoms with Crippen LogP contribution in [0.15, 0.2) is 60.7 Å². The van der Waals surface area contributed by atoms with Crippen LogP contribution in [0, 0.1) is 0 Å². The minimum atomic E-state index is 0.688. The van der Waals surface area contributed by atoms with Crippen LogP contribution in [0.4, 0.5) is 0 Å². The maximum atomic E-state index is 5.39. The SMILES string of the molecule is BOc1ccccc1-c1ccc(=C)ccccc(=C)n1. The Balaban J connectivity index is 2.76. The molecule has 0 radical (unpaired) electrons. The summed E-state index contributed by atoms with van der Waals surface area (Å²) in [5, 5.41) is 1.59. The number of hydrogen-bond acceptors (Lipinski definition) is 2. The van der Waals surface area contributed by atoms with E-state index < -0.39 is 0 Å². The van der Waals surface area contributed by atoms with Gasteiger partial charge in [0.2, 0.25) is 0 Å². The fourth-order valence-electron chi connectivity index (χ4n) is 1.82. The lowest BCUT2D eigenvalue weighted by molar-refractivity contribution is 0.618. The molecule has 2 aromatic rings. The van der Waals surface area contributed by atoms with Crippen LogP contribution in [0.25, 0.3) is 24.4 Å². The summed E-state index contributed by atoms with van der Waals surface area (Å²) in [4.78, 5) is 4.54. The van der Waals surface area contributed by atoms with Crippen molar-refractivity contribution >= 4 is 21.2 Å². The Kier molecular flexibility index (Phi) is 4.56. The van der Waals surface area contributed by atoms with E-state index in [-0.39, 0.29) is 0 Å². The van der Waals surface area contributed by atoms with Crippen molar-refractivity contribution in [3.05, 3.63) is 71.2 Å². The van der Waals surface area contributed by atoms with Crippen molar-refractivity contribution in [2.75, 3.05) is 0 Å². The van der Waals surface area contributed by atoms with Crippen LogP contribution < -0.4 is 15.2 Å². The number of nitrogens with zero attached hydrogens (tertiary/aromatic N) is 1. The first kappa shape index (κ1) is 13.9. The smallest absolute Gasteiger partial charge is 0.322 e. The van der Waals surface area contributed by atoms with Gasteiger partial charge in [-0.05, 0) is 29.5 Å². The fraction of sp³-hybridized carbons (Fsp3) is 0. The van der Waals surface area contributed by atoms with Crippen LogP contribution in [0.5, 0.6) is 5.75 Å². The van der Waals surface area contributed by atoms with Gasteiger partial charge in [-0.2, -0.15) is 0 Å². The van der Waals surface area contributed by atoms with E-state index in [1.54, 1.807) is 8.05 Å². The summed E-state index contributed by atoms with van der Waals surface area (Å²) in [6.45, 7) is 7.89. The molecular formula is C17H16BNO. The summed E-state index contributed by atoms with van der Waals surface area (Å²) in [5.41, 5.74) is 1.73. The van der Waals surface area contributed by atoms with Crippen molar-refractivity contribution in [2.24, 2.45) is 0 Å². The molecule has 1 aromatic carbocycles. The summed E-state index contributed by atoms with van der Waals surface area (Å²) < 4.78 is 5.39. The van der Waals surface area contributed by atoms with Crippen molar-refractivity contribution < 1.29 is 4.65 Å². The maximum Gasteiger partial charge on any atom is 0.322 e. The first-order chi connectivity index (χ1) is 9.70. The Hall–Kier alpha value is -2.55. The Labute approximate surface area is 119 Å². The minimum Gasteiger partial charge on any atom is -0.567 e. The molecule has 0 amide bonds. The zero-order valence-electron chi connectivity index (χ0n) is 11.5. The topological polar surface area (TPSA) is 22.1 Å². The summed E-state index contributed by atoms with van der Waals surface area (Å²) in [6, 6.07) is 19.2. The average molecular weight is 261 g/mol. The number of aromatic nitrogens is 1. The van der Waals surface area contributed by atoms with Crippen LogP contribution in [0.3, 0.4) is 0 Å². The highest BCUT2D eigenvalue weighted by atomic mass is 16.4. The second-order valence-corrected chi connectivity index (χ2v) is 4.32. The van der Waals surface area contributed by atoms with Gasteiger partial charge in [-0.3, -0.25) is 0 Å². The van der Waals surface area contributed by atoms with Gasteiger partial charge in [-0.1, -0.05) is 49.6 Å². The molecule has 0 bridgehead atoms.